The Morgan fingerprint density at radius 3 is 2.88 bits per heavy atom. The Balaban J connectivity index is 2.18. The number of nitrogens with two attached hydrogens (primary N) is 1. The van der Waals surface area contributed by atoms with E-state index in [1.807, 2.05) is 0 Å². The molecular formula is C11H10BrN3O2. The number of nitrogen functional groups attached to an aromatic ring is 1. The molecule has 2 rings (SSSR count). The van der Waals surface area contributed by atoms with E-state index in [1.54, 1.807) is 25.1 Å². The molecule has 2 aromatic heterocycles. The number of nitrogens with one attached hydrogen (secondary N) is 1. The molecule has 6 heteroatoms. The summed E-state index contributed by atoms with van der Waals surface area (Å²) in [7, 11) is 0. The van der Waals surface area contributed by atoms with Crippen molar-refractivity contribution in [1.82, 2.24) is 4.98 Å². The fraction of sp³-hybridized carbons (Fsp3) is 0.0909. The van der Waals surface area contributed by atoms with Crippen molar-refractivity contribution in [3.8, 4) is 0 Å². The Labute approximate surface area is 106 Å². The Morgan fingerprint density at radius 2 is 2.29 bits per heavy atom. The minimum absolute atomic E-state index is 0.244. The Kier molecular flexibility index (Phi) is 3.14. The quantitative estimate of drug-likeness (QED) is 0.892. The topological polar surface area (TPSA) is 81.2 Å². The number of anilines is 2. The first-order valence-corrected chi connectivity index (χ1v) is 5.64. The highest BCUT2D eigenvalue weighted by Gasteiger charge is 2.12. The molecule has 2 heterocycles. The van der Waals surface area contributed by atoms with Gasteiger partial charge in [-0.1, -0.05) is 0 Å². The van der Waals surface area contributed by atoms with E-state index >= 15 is 0 Å². The molecule has 88 valence electrons. The molecule has 0 saturated heterocycles. The van der Waals surface area contributed by atoms with Crippen molar-refractivity contribution in [3.63, 3.8) is 0 Å². The Bertz CT molecular complexity index is 566. The largest absolute Gasteiger partial charge is 0.456 e. The van der Waals surface area contributed by atoms with Crippen LogP contribution in [0.4, 0.5) is 11.5 Å². The van der Waals surface area contributed by atoms with Crippen LogP contribution in [0.2, 0.25) is 0 Å². The van der Waals surface area contributed by atoms with Gasteiger partial charge in [-0.05, 0) is 41.1 Å². The molecule has 5 nitrogen and oxygen atoms in total. The highest BCUT2D eigenvalue weighted by molar-refractivity contribution is 9.10. The maximum Gasteiger partial charge on any atom is 0.292 e. The number of aryl methyl sites for hydroxylation is 1. The third-order valence-electron chi connectivity index (χ3n) is 2.06. The number of carbonyl (C=O) groups is 1. The second-order valence-corrected chi connectivity index (χ2v) is 4.32. The van der Waals surface area contributed by atoms with Crippen LogP contribution in [-0.2, 0) is 0 Å². The van der Waals surface area contributed by atoms with Crippen LogP contribution in [0.1, 0.15) is 16.3 Å². The molecule has 0 unspecified atom stereocenters. The molecule has 0 saturated carbocycles. The van der Waals surface area contributed by atoms with Crippen LogP contribution in [0.3, 0.4) is 0 Å². The van der Waals surface area contributed by atoms with Crippen LogP contribution in [0.25, 0.3) is 0 Å². The summed E-state index contributed by atoms with van der Waals surface area (Å²) < 4.78 is 5.82. The minimum Gasteiger partial charge on any atom is -0.456 e. The number of furan rings is 1. The van der Waals surface area contributed by atoms with Crippen molar-refractivity contribution in [2.24, 2.45) is 0 Å². The number of aromatic nitrogens is 1. The zero-order valence-electron chi connectivity index (χ0n) is 9.03. The summed E-state index contributed by atoms with van der Waals surface area (Å²) in [5, 5.41) is 2.62. The van der Waals surface area contributed by atoms with E-state index in [0.29, 0.717) is 21.7 Å². The SMILES string of the molecule is Cc1ccc(C(=O)Nc2ncc(N)cc2Br)o1. The minimum atomic E-state index is -0.351. The molecule has 0 aliphatic rings. The lowest BCUT2D eigenvalue weighted by molar-refractivity contribution is 0.0995. The average Bonchev–Trinajstić information content (AvgIpc) is 2.69. The van der Waals surface area contributed by atoms with Gasteiger partial charge < -0.3 is 15.5 Å². The van der Waals surface area contributed by atoms with Gasteiger partial charge in [-0.15, -0.1) is 0 Å². The van der Waals surface area contributed by atoms with Gasteiger partial charge in [-0.2, -0.15) is 0 Å². The Hall–Kier alpha value is -1.82. The van der Waals surface area contributed by atoms with Gasteiger partial charge in [0, 0.05) is 0 Å². The van der Waals surface area contributed by atoms with E-state index in [9.17, 15) is 4.79 Å². The van der Waals surface area contributed by atoms with Gasteiger partial charge in [0.05, 0.1) is 16.4 Å². The highest BCUT2D eigenvalue weighted by atomic mass is 79.9. The van der Waals surface area contributed by atoms with Crippen LogP contribution in [0.5, 0.6) is 0 Å². The molecule has 17 heavy (non-hydrogen) atoms. The second kappa shape index (κ2) is 4.58. The molecule has 0 fully saturated rings. The van der Waals surface area contributed by atoms with Crippen molar-refractivity contribution >= 4 is 33.3 Å². The van der Waals surface area contributed by atoms with Crippen molar-refractivity contribution in [2.75, 3.05) is 11.1 Å². The normalized spacial score (nSPS) is 10.2. The highest BCUT2D eigenvalue weighted by Crippen LogP contribution is 2.22. The van der Waals surface area contributed by atoms with Gasteiger partial charge in [-0.3, -0.25) is 4.79 Å². The second-order valence-electron chi connectivity index (χ2n) is 3.46. The fourth-order valence-corrected chi connectivity index (χ4v) is 1.74. The molecule has 2 aromatic rings. The maximum atomic E-state index is 11.8. The molecular weight excluding hydrogens is 286 g/mol. The summed E-state index contributed by atoms with van der Waals surface area (Å²) in [4.78, 5) is 15.8. The third kappa shape index (κ3) is 2.65. The molecule has 0 aromatic carbocycles. The maximum absolute atomic E-state index is 11.8. The lowest BCUT2D eigenvalue weighted by atomic mass is 10.4. The fourth-order valence-electron chi connectivity index (χ4n) is 1.27. The lowest BCUT2D eigenvalue weighted by Gasteiger charge is -2.05. The number of amides is 1. The first kappa shape index (κ1) is 11.7. The predicted octanol–water partition coefficient (Wildman–Crippen LogP) is 2.58. The molecule has 1 amide bonds. The van der Waals surface area contributed by atoms with Crippen LogP contribution < -0.4 is 11.1 Å². The van der Waals surface area contributed by atoms with Gasteiger partial charge in [0.2, 0.25) is 0 Å². The number of rotatable bonds is 2. The number of hydrogen-bond donors (Lipinski definition) is 2. The first-order chi connectivity index (χ1) is 8.06. The average molecular weight is 296 g/mol. The molecule has 0 radical (unpaired) electrons. The molecule has 0 aliphatic heterocycles. The molecule has 0 bridgehead atoms. The number of pyridine rings is 1. The number of halogens is 1. The lowest BCUT2D eigenvalue weighted by Crippen LogP contribution is -2.12. The van der Waals surface area contributed by atoms with Gasteiger partial charge >= 0.3 is 0 Å². The van der Waals surface area contributed by atoms with Crippen molar-refractivity contribution in [1.29, 1.82) is 0 Å². The summed E-state index contributed by atoms with van der Waals surface area (Å²) in [5.74, 6) is 0.974. The Morgan fingerprint density at radius 1 is 1.53 bits per heavy atom. The van der Waals surface area contributed by atoms with Gasteiger partial charge in [0.15, 0.2) is 5.76 Å². The van der Waals surface area contributed by atoms with Crippen LogP contribution in [0, 0.1) is 6.92 Å². The van der Waals surface area contributed by atoms with Crippen LogP contribution in [0.15, 0.2) is 33.3 Å². The van der Waals surface area contributed by atoms with Crippen LogP contribution >= 0.6 is 15.9 Å². The monoisotopic (exact) mass is 295 g/mol. The van der Waals surface area contributed by atoms with Gasteiger partial charge in [0.1, 0.15) is 11.6 Å². The molecule has 0 spiro atoms. The third-order valence-corrected chi connectivity index (χ3v) is 2.66. The van der Waals surface area contributed by atoms with Crippen molar-refractivity contribution in [2.45, 2.75) is 6.92 Å². The summed E-state index contributed by atoms with van der Waals surface area (Å²) in [6.45, 7) is 1.77. The van der Waals surface area contributed by atoms with Crippen molar-refractivity contribution in [3.05, 3.63) is 40.4 Å². The predicted molar refractivity (Wildman–Crippen MR) is 67.7 cm³/mol. The standard InChI is InChI=1S/C11H10BrN3O2/c1-6-2-3-9(17-6)11(16)15-10-8(12)4-7(13)5-14-10/h2-5H,13H2,1H3,(H,14,15,16). The zero-order valence-corrected chi connectivity index (χ0v) is 10.6. The summed E-state index contributed by atoms with van der Waals surface area (Å²) in [6.07, 6.45) is 1.47. The van der Waals surface area contributed by atoms with Crippen molar-refractivity contribution < 1.29 is 9.21 Å². The smallest absolute Gasteiger partial charge is 0.292 e. The van der Waals surface area contributed by atoms with E-state index in [-0.39, 0.29) is 11.7 Å². The van der Waals surface area contributed by atoms with Crippen LogP contribution in [-0.4, -0.2) is 10.9 Å². The molecule has 0 aliphatic carbocycles. The van der Waals surface area contributed by atoms with Gasteiger partial charge in [0.25, 0.3) is 5.91 Å². The zero-order chi connectivity index (χ0) is 12.4. The summed E-state index contributed by atoms with van der Waals surface area (Å²) in [5.41, 5.74) is 6.07. The van der Waals surface area contributed by atoms with E-state index in [2.05, 4.69) is 26.2 Å². The van der Waals surface area contributed by atoms with Gasteiger partial charge in [-0.25, -0.2) is 4.98 Å². The summed E-state index contributed by atoms with van der Waals surface area (Å²) >= 11 is 3.27. The number of nitrogens with zero attached hydrogens (tertiary/aromatic N) is 1. The van der Waals surface area contributed by atoms with E-state index < -0.39 is 0 Å². The molecule has 3 N–H and O–H groups in total. The first-order valence-electron chi connectivity index (χ1n) is 4.85. The number of carbonyl (C=O) groups excluding carboxylic acids is 1. The van der Waals surface area contributed by atoms with E-state index in [0.717, 1.165) is 0 Å². The van der Waals surface area contributed by atoms with E-state index in [1.165, 1.54) is 6.20 Å². The molecule has 0 atom stereocenters. The number of hydrogen-bond acceptors (Lipinski definition) is 4. The summed E-state index contributed by atoms with van der Waals surface area (Å²) in [6, 6.07) is 4.99. The van der Waals surface area contributed by atoms with E-state index in [4.69, 9.17) is 10.2 Å².